The minimum Gasteiger partial charge on any atom is -0.493 e. The van der Waals surface area contributed by atoms with Gasteiger partial charge in [0.2, 0.25) is 5.75 Å². The first-order valence-corrected chi connectivity index (χ1v) is 12.4. The molecule has 3 aromatic carbocycles. The lowest BCUT2D eigenvalue weighted by Crippen LogP contribution is -2.48. The zero-order valence-electron chi connectivity index (χ0n) is 21.6. The Morgan fingerprint density at radius 1 is 0.842 bits per heavy atom. The SMILES string of the molecule is COc1cc([C@H]2[C@H](C(C)=O)N3c4ccccc4C=C[C@@H]3C23C(=O)c2ccccc2C3=O)cc(OC)c1OC. The van der Waals surface area contributed by atoms with Gasteiger partial charge in [0.05, 0.1) is 33.4 Å². The molecule has 1 saturated heterocycles. The summed E-state index contributed by atoms with van der Waals surface area (Å²) in [6.07, 6.45) is 3.84. The number of benzene rings is 3. The lowest BCUT2D eigenvalue weighted by Gasteiger charge is -2.37. The molecular weight excluding hydrogens is 482 g/mol. The second-order valence-corrected chi connectivity index (χ2v) is 9.83. The third kappa shape index (κ3) is 2.93. The Morgan fingerprint density at radius 3 is 1.97 bits per heavy atom. The predicted octanol–water partition coefficient (Wildman–Crippen LogP) is 4.73. The monoisotopic (exact) mass is 509 g/mol. The van der Waals surface area contributed by atoms with Gasteiger partial charge in [0.25, 0.3) is 0 Å². The molecule has 3 aromatic rings. The van der Waals surface area contributed by atoms with E-state index in [0.29, 0.717) is 33.9 Å². The largest absolute Gasteiger partial charge is 0.493 e. The van der Waals surface area contributed by atoms with Crippen LogP contribution in [0.3, 0.4) is 0 Å². The van der Waals surface area contributed by atoms with Crippen LogP contribution in [0.1, 0.15) is 44.7 Å². The molecule has 1 aliphatic carbocycles. The molecule has 2 heterocycles. The van der Waals surface area contributed by atoms with Crippen LogP contribution in [0, 0.1) is 5.41 Å². The van der Waals surface area contributed by atoms with E-state index in [2.05, 4.69) is 0 Å². The minimum atomic E-state index is -1.56. The lowest BCUT2D eigenvalue weighted by molar-refractivity contribution is -0.118. The van der Waals surface area contributed by atoms with E-state index in [0.717, 1.165) is 11.3 Å². The van der Waals surface area contributed by atoms with Crippen LogP contribution in [0.4, 0.5) is 5.69 Å². The zero-order valence-corrected chi connectivity index (χ0v) is 21.6. The molecule has 7 heteroatoms. The van der Waals surface area contributed by atoms with Crippen LogP contribution in [0.25, 0.3) is 6.08 Å². The standard InChI is InChI=1S/C31H27NO6/c1-17(33)27-26(19-15-23(36-2)28(38-4)24(16-19)37-3)31(29(34)20-10-6-7-11-21(20)30(31)35)25-14-13-18-9-5-8-12-22(18)32(25)27/h5-16,25-27H,1-4H3/t25-,26+,27+/m1/s1. The molecule has 0 unspecified atom stereocenters. The van der Waals surface area contributed by atoms with Crippen molar-refractivity contribution in [2.75, 3.05) is 26.2 Å². The molecule has 0 saturated carbocycles. The average molecular weight is 510 g/mol. The molecule has 0 bridgehead atoms. The van der Waals surface area contributed by atoms with Gasteiger partial charge >= 0.3 is 0 Å². The number of carbonyl (C=O) groups is 3. The first kappa shape index (κ1) is 24.0. The molecule has 0 radical (unpaired) electrons. The van der Waals surface area contributed by atoms with E-state index in [9.17, 15) is 14.4 Å². The number of nitrogens with zero attached hydrogens (tertiary/aromatic N) is 1. The molecular formula is C31H27NO6. The van der Waals surface area contributed by atoms with Gasteiger partial charge in [-0.25, -0.2) is 0 Å². The molecule has 3 aliphatic rings. The fourth-order valence-corrected chi connectivity index (χ4v) is 6.72. The normalized spacial score (nSPS) is 22.2. The molecule has 2 aliphatic heterocycles. The second-order valence-electron chi connectivity index (χ2n) is 9.83. The van der Waals surface area contributed by atoms with Crippen molar-refractivity contribution in [2.24, 2.45) is 5.41 Å². The number of methoxy groups -OCH3 is 3. The first-order chi connectivity index (χ1) is 18.4. The van der Waals surface area contributed by atoms with Crippen LogP contribution in [0.15, 0.2) is 66.7 Å². The molecule has 1 fully saturated rings. The summed E-state index contributed by atoms with van der Waals surface area (Å²) in [5.74, 6) is -0.361. The summed E-state index contributed by atoms with van der Waals surface area (Å²) in [7, 11) is 4.54. The van der Waals surface area contributed by atoms with Gasteiger partial charge < -0.3 is 19.1 Å². The van der Waals surface area contributed by atoms with Crippen LogP contribution in [0.5, 0.6) is 17.2 Å². The van der Waals surface area contributed by atoms with Gasteiger partial charge in [0, 0.05) is 22.7 Å². The van der Waals surface area contributed by atoms with Crippen molar-refractivity contribution in [1.82, 2.24) is 0 Å². The van der Waals surface area contributed by atoms with Gasteiger partial charge in [-0.15, -0.1) is 0 Å². The second kappa shape index (κ2) is 8.58. The third-order valence-corrected chi connectivity index (χ3v) is 8.18. The summed E-state index contributed by atoms with van der Waals surface area (Å²) < 4.78 is 16.8. The van der Waals surface area contributed by atoms with Crippen molar-refractivity contribution >= 4 is 29.1 Å². The van der Waals surface area contributed by atoms with Crippen LogP contribution < -0.4 is 19.1 Å². The first-order valence-electron chi connectivity index (χ1n) is 12.4. The average Bonchev–Trinajstić information content (AvgIpc) is 3.38. The molecule has 3 atom stereocenters. The summed E-state index contributed by atoms with van der Waals surface area (Å²) in [4.78, 5) is 44.5. The number of hydrogen-bond donors (Lipinski definition) is 0. The van der Waals surface area contributed by atoms with Gasteiger partial charge in [-0.05, 0) is 36.2 Å². The number of ether oxygens (including phenoxy) is 3. The van der Waals surface area contributed by atoms with E-state index in [4.69, 9.17) is 14.2 Å². The number of rotatable bonds is 5. The number of Topliss-reactive ketones (excluding diaryl/α,β-unsaturated/α-hetero) is 3. The highest BCUT2D eigenvalue weighted by Crippen LogP contribution is 2.61. The van der Waals surface area contributed by atoms with Crippen LogP contribution >= 0.6 is 0 Å². The van der Waals surface area contributed by atoms with Crippen LogP contribution in [-0.2, 0) is 4.79 Å². The van der Waals surface area contributed by atoms with Crippen molar-refractivity contribution in [2.45, 2.75) is 24.9 Å². The number of para-hydroxylation sites is 1. The fraction of sp³-hybridized carbons (Fsp3) is 0.258. The minimum absolute atomic E-state index is 0.146. The smallest absolute Gasteiger partial charge is 0.203 e. The quantitative estimate of drug-likeness (QED) is 0.460. The maximum Gasteiger partial charge on any atom is 0.203 e. The molecule has 0 amide bonds. The van der Waals surface area contributed by atoms with Gasteiger partial charge in [-0.1, -0.05) is 54.6 Å². The van der Waals surface area contributed by atoms with Crippen LogP contribution in [-0.4, -0.2) is 50.8 Å². The number of fused-ring (bicyclic) bond motifs is 5. The van der Waals surface area contributed by atoms with Gasteiger partial charge in [-0.2, -0.15) is 0 Å². The number of anilines is 1. The number of hydrogen-bond acceptors (Lipinski definition) is 7. The molecule has 6 rings (SSSR count). The molecule has 0 N–H and O–H groups in total. The van der Waals surface area contributed by atoms with E-state index in [-0.39, 0.29) is 17.3 Å². The Labute approximate surface area is 220 Å². The molecule has 192 valence electrons. The van der Waals surface area contributed by atoms with E-state index in [1.54, 1.807) is 36.4 Å². The third-order valence-electron chi connectivity index (χ3n) is 8.18. The number of ketones is 3. The van der Waals surface area contributed by atoms with Crippen molar-refractivity contribution < 1.29 is 28.6 Å². The molecule has 7 nitrogen and oxygen atoms in total. The summed E-state index contributed by atoms with van der Waals surface area (Å²) in [6, 6.07) is 16.7. The molecule has 0 aromatic heterocycles. The number of carbonyl (C=O) groups excluding carboxylic acids is 3. The maximum absolute atomic E-state index is 14.5. The lowest BCUT2D eigenvalue weighted by atomic mass is 9.64. The van der Waals surface area contributed by atoms with Gasteiger partial charge in [0.15, 0.2) is 28.8 Å². The predicted molar refractivity (Wildman–Crippen MR) is 143 cm³/mol. The Kier molecular flexibility index (Phi) is 5.42. The van der Waals surface area contributed by atoms with Gasteiger partial charge in [-0.3, -0.25) is 14.4 Å². The molecule has 1 spiro atoms. The topological polar surface area (TPSA) is 82.1 Å². The van der Waals surface area contributed by atoms with Crippen molar-refractivity contribution in [3.63, 3.8) is 0 Å². The highest BCUT2D eigenvalue weighted by atomic mass is 16.5. The Morgan fingerprint density at radius 2 is 1.42 bits per heavy atom. The fourth-order valence-electron chi connectivity index (χ4n) is 6.72. The maximum atomic E-state index is 14.5. The van der Waals surface area contributed by atoms with E-state index >= 15 is 0 Å². The summed E-state index contributed by atoms with van der Waals surface area (Å²) in [6.45, 7) is 1.52. The van der Waals surface area contributed by atoms with E-state index in [1.807, 2.05) is 41.3 Å². The van der Waals surface area contributed by atoms with Crippen molar-refractivity contribution in [3.8, 4) is 17.2 Å². The molecule has 38 heavy (non-hydrogen) atoms. The Bertz CT molecular complexity index is 1480. The summed E-state index contributed by atoms with van der Waals surface area (Å²) >= 11 is 0. The summed E-state index contributed by atoms with van der Waals surface area (Å²) in [5, 5.41) is 0. The van der Waals surface area contributed by atoms with E-state index < -0.39 is 23.4 Å². The van der Waals surface area contributed by atoms with Crippen molar-refractivity contribution in [1.29, 1.82) is 0 Å². The van der Waals surface area contributed by atoms with E-state index in [1.165, 1.54) is 28.3 Å². The highest BCUT2D eigenvalue weighted by molar-refractivity contribution is 6.32. The Hall–Kier alpha value is -4.39. The van der Waals surface area contributed by atoms with Crippen molar-refractivity contribution in [3.05, 3.63) is 89.0 Å². The zero-order chi connectivity index (χ0) is 26.8. The Balaban J connectivity index is 1.70. The summed E-state index contributed by atoms with van der Waals surface area (Å²) in [5.41, 5.74) is 1.53. The van der Waals surface area contributed by atoms with Crippen LogP contribution in [0.2, 0.25) is 0 Å². The highest BCUT2D eigenvalue weighted by Gasteiger charge is 2.71. The van der Waals surface area contributed by atoms with Gasteiger partial charge in [0.1, 0.15) is 5.41 Å².